The van der Waals surface area contributed by atoms with Crippen LogP contribution >= 0.6 is 45.2 Å². The fourth-order valence-electron chi connectivity index (χ4n) is 2.28. The highest BCUT2D eigenvalue weighted by molar-refractivity contribution is 14.1. The van der Waals surface area contributed by atoms with Crippen molar-refractivity contribution in [1.29, 1.82) is 0 Å². The van der Waals surface area contributed by atoms with Crippen molar-refractivity contribution in [2.24, 2.45) is 5.10 Å². The van der Waals surface area contributed by atoms with Crippen LogP contribution in [0.5, 0.6) is 17.2 Å². The molecule has 0 radical (unpaired) electrons. The average molecular weight is 564 g/mol. The van der Waals surface area contributed by atoms with Crippen LogP contribution in [-0.4, -0.2) is 31.9 Å². The third kappa shape index (κ3) is 4.35. The lowest BCUT2D eigenvalue weighted by Gasteiger charge is -2.24. The van der Waals surface area contributed by atoms with Gasteiger partial charge in [-0.2, -0.15) is 5.10 Å². The molecule has 8 heteroatoms. The van der Waals surface area contributed by atoms with E-state index in [-0.39, 0.29) is 12.5 Å². The number of nitrogens with zero attached hydrogens (tertiary/aromatic N) is 1. The van der Waals surface area contributed by atoms with Crippen LogP contribution in [0.2, 0.25) is 0 Å². The summed E-state index contributed by atoms with van der Waals surface area (Å²) in [7, 11) is 1.60. The molecule has 1 amide bonds. The number of ether oxygens (including phenoxy) is 3. The number of hydrazone groups is 1. The van der Waals surface area contributed by atoms with E-state index in [9.17, 15) is 4.79 Å². The first-order valence-corrected chi connectivity index (χ1v) is 9.48. The Labute approximate surface area is 172 Å². The van der Waals surface area contributed by atoms with Gasteiger partial charge in [-0.05, 0) is 69.4 Å². The minimum atomic E-state index is -0.745. The van der Waals surface area contributed by atoms with E-state index in [1.54, 1.807) is 25.5 Å². The molecule has 0 aromatic heterocycles. The maximum atomic E-state index is 12.2. The molecular weight excluding hydrogens is 550 g/mol. The molecule has 1 heterocycles. The number of methoxy groups -OCH3 is 1. The molecule has 0 fully saturated rings. The minimum absolute atomic E-state index is 0.142. The number of hydrogen-bond acceptors (Lipinski definition) is 5. The van der Waals surface area contributed by atoms with Gasteiger partial charge in [-0.15, -0.1) is 0 Å². The summed E-state index contributed by atoms with van der Waals surface area (Å²) in [6, 6.07) is 11.2. The van der Waals surface area contributed by atoms with Crippen LogP contribution in [0.15, 0.2) is 41.5 Å². The molecule has 1 N–H and O–H groups in total. The van der Waals surface area contributed by atoms with Crippen LogP contribution in [0.4, 0.5) is 0 Å². The third-order valence-electron chi connectivity index (χ3n) is 3.42. The van der Waals surface area contributed by atoms with Gasteiger partial charge in [-0.25, -0.2) is 5.43 Å². The SMILES string of the molecule is COc1c(I)cc(I)cc1C=NNC(=O)C1COc2ccccc2O1. The van der Waals surface area contributed by atoms with Crippen molar-refractivity contribution in [2.75, 3.05) is 13.7 Å². The Morgan fingerprint density at radius 3 is 2.84 bits per heavy atom. The number of carbonyl (C=O) groups is 1. The van der Waals surface area contributed by atoms with E-state index in [0.29, 0.717) is 17.2 Å². The van der Waals surface area contributed by atoms with Gasteiger partial charge in [0.15, 0.2) is 11.5 Å². The molecule has 0 saturated heterocycles. The molecule has 1 atom stereocenters. The lowest BCUT2D eigenvalue weighted by atomic mass is 10.2. The zero-order chi connectivity index (χ0) is 17.8. The van der Waals surface area contributed by atoms with E-state index in [0.717, 1.165) is 12.7 Å². The molecule has 1 unspecified atom stereocenters. The van der Waals surface area contributed by atoms with E-state index in [4.69, 9.17) is 14.2 Å². The summed E-state index contributed by atoms with van der Waals surface area (Å²) < 4.78 is 18.6. The Bertz CT molecular complexity index is 826. The second kappa shape index (κ2) is 8.21. The molecule has 0 saturated carbocycles. The number of amides is 1. The van der Waals surface area contributed by atoms with E-state index in [1.807, 2.05) is 24.3 Å². The van der Waals surface area contributed by atoms with Crippen molar-refractivity contribution in [3.05, 3.63) is 49.1 Å². The highest BCUT2D eigenvalue weighted by atomic mass is 127. The number of benzene rings is 2. The van der Waals surface area contributed by atoms with Crippen molar-refractivity contribution in [3.63, 3.8) is 0 Å². The Balaban J connectivity index is 1.66. The van der Waals surface area contributed by atoms with E-state index in [2.05, 4.69) is 55.7 Å². The molecule has 3 rings (SSSR count). The molecule has 25 heavy (non-hydrogen) atoms. The first-order valence-electron chi connectivity index (χ1n) is 7.33. The highest BCUT2D eigenvalue weighted by Crippen LogP contribution is 2.31. The fourth-order valence-corrected chi connectivity index (χ4v) is 4.39. The van der Waals surface area contributed by atoms with Crippen LogP contribution in [0.1, 0.15) is 5.56 Å². The first-order chi connectivity index (χ1) is 12.1. The number of carbonyl (C=O) groups excluding carboxylic acids is 1. The molecule has 1 aliphatic heterocycles. The summed E-state index contributed by atoms with van der Waals surface area (Å²) >= 11 is 4.42. The molecule has 6 nitrogen and oxygen atoms in total. The second-order valence-corrected chi connectivity index (χ2v) is 7.52. The summed E-state index contributed by atoms with van der Waals surface area (Å²) in [5.41, 5.74) is 3.27. The molecule has 0 aliphatic carbocycles. The van der Waals surface area contributed by atoms with Gasteiger partial charge in [-0.1, -0.05) is 12.1 Å². The summed E-state index contributed by atoms with van der Waals surface area (Å²) in [6.07, 6.45) is 0.809. The van der Waals surface area contributed by atoms with E-state index in [1.165, 1.54) is 0 Å². The van der Waals surface area contributed by atoms with Crippen LogP contribution < -0.4 is 19.6 Å². The lowest BCUT2D eigenvalue weighted by Crippen LogP contribution is -2.42. The number of para-hydroxylation sites is 2. The molecule has 0 bridgehead atoms. The van der Waals surface area contributed by atoms with Gasteiger partial charge in [0.25, 0.3) is 5.91 Å². The first kappa shape index (κ1) is 18.2. The van der Waals surface area contributed by atoms with E-state index < -0.39 is 6.10 Å². The summed E-state index contributed by atoms with van der Waals surface area (Å²) in [4.78, 5) is 12.2. The lowest BCUT2D eigenvalue weighted by molar-refractivity contribution is -0.130. The summed E-state index contributed by atoms with van der Waals surface area (Å²) in [5, 5.41) is 4.02. The number of halogens is 2. The smallest absolute Gasteiger partial charge is 0.284 e. The fraction of sp³-hybridized carbons (Fsp3) is 0.176. The monoisotopic (exact) mass is 564 g/mol. The standard InChI is InChI=1S/C17H14I2N2O4/c1-23-16-10(6-11(18)7-12(16)19)8-20-21-17(22)15-9-24-13-4-2-3-5-14(13)25-15/h2-8,15H,9H2,1H3,(H,21,22). The topological polar surface area (TPSA) is 69.2 Å². The molecular formula is C17H14I2N2O4. The molecule has 2 aromatic rings. The van der Waals surface area contributed by atoms with Crippen molar-refractivity contribution < 1.29 is 19.0 Å². The number of rotatable bonds is 4. The van der Waals surface area contributed by atoms with Crippen molar-refractivity contribution in [2.45, 2.75) is 6.10 Å². The Morgan fingerprint density at radius 1 is 1.32 bits per heavy atom. The number of nitrogens with one attached hydrogen (secondary N) is 1. The van der Waals surface area contributed by atoms with Gasteiger partial charge in [0, 0.05) is 9.13 Å². The van der Waals surface area contributed by atoms with Crippen LogP contribution in [-0.2, 0) is 4.79 Å². The molecule has 0 spiro atoms. The second-order valence-electron chi connectivity index (χ2n) is 5.11. The predicted molar refractivity (Wildman–Crippen MR) is 111 cm³/mol. The van der Waals surface area contributed by atoms with Gasteiger partial charge in [0.2, 0.25) is 6.10 Å². The van der Waals surface area contributed by atoms with Gasteiger partial charge < -0.3 is 14.2 Å². The highest BCUT2D eigenvalue weighted by Gasteiger charge is 2.27. The van der Waals surface area contributed by atoms with Gasteiger partial charge >= 0.3 is 0 Å². The Hall–Kier alpha value is -1.56. The van der Waals surface area contributed by atoms with Crippen molar-refractivity contribution in [3.8, 4) is 17.2 Å². The zero-order valence-electron chi connectivity index (χ0n) is 13.2. The maximum absolute atomic E-state index is 12.2. The van der Waals surface area contributed by atoms with Gasteiger partial charge in [0.05, 0.1) is 16.9 Å². The van der Waals surface area contributed by atoms with Crippen LogP contribution in [0, 0.1) is 7.14 Å². The normalized spacial score (nSPS) is 15.9. The quantitative estimate of drug-likeness (QED) is 0.352. The van der Waals surface area contributed by atoms with Gasteiger partial charge in [-0.3, -0.25) is 4.79 Å². The maximum Gasteiger partial charge on any atom is 0.284 e. The van der Waals surface area contributed by atoms with Crippen LogP contribution in [0.3, 0.4) is 0 Å². The molecule has 130 valence electrons. The van der Waals surface area contributed by atoms with E-state index >= 15 is 0 Å². The van der Waals surface area contributed by atoms with Crippen LogP contribution in [0.25, 0.3) is 0 Å². The minimum Gasteiger partial charge on any atom is -0.495 e. The molecule has 1 aliphatic rings. The Kier molecular flexibility index (Phi) is 5.99. The van der Waals surface area contributed by atoms with Crippen molar-refractivity contribution in [1.82, 2.24) is 5.43 Å². The predicted octanol–water partition coefficient (Wildman–Crippen LogP) is 3.19. The Morgan fingerprint density at radius 2 is 2.08 bits per heavy atom. The largest absolute Gasteiger partial charge is 0.495 e. The van der Waals surface area contributed by atoms with Crippen molar-refractivity contribution >= 4 is 57.3 Å². The zero-order valence-corrected chi connectivity index (χ0v) is 17.5. The number of fused-ring (bicyclic) bond motifs is 1. The molecule has 2 aromatic carbocycles. The third-order valence-corrected chi connectivity index (χ3v) is 4.84. The average Bonchev–Trinajstić information content (AvgIpc) is 2.61. The van der Waals surface area contributed by atoms with Gasteiger partial charge in [0.1, 0.15) is 12.4 Å². The summed E-state index contributed by atoms with van der Waals surface area (Å²) in [5.74, 6) is 1.52. The number of hydrogen-bond donors (Lipinski definition) is 1. The summed E-state index contributed by atoms with van der Waals surface area (Å²) in [6.45, 7) is 0.142.